The normalized spacial score (nSPS) is 30.7. The Morgan fingerprint density at radius 2 is 0.841 bits per heavy atom. The first-order valence-corrected chi connectivity index (χ1v) is 31.9. The lowest BCUT2D eigenvalue weighted by Crippen LogP contribution is -2.67. The maximum absolute atomic E-state index is 13.6. The number of carbonyl (C=O) groups is 2. The van der Waals surface area contributed by atoms with Gasteiger partial charge in [0.05, 0.1) is 38.1 Å². The predicted molar refractivity (Wildman–Crippen MR) is 304 cm³/mol. The van der Waals surface area contributed by atoms with Crippen LogP contribution in [-0.4, -0.2) is 220 Å². The third kappa shape index (κ3) is 26.4. The van der Waals surface area contributed by atoms with Crippen LogP contribution in [0.2, 0.25) is 0 Å². The van der Waals surface area contributed by atoms with Crippen molar-refractivity contribution in [2.75, 3.05) is 19.8 Å². The van der Waals surface area contributed by atoms with Gasteiger partial charge in [-0.05, 0) is 19.8 Å². The molecule has 3 aliphatic rings. The molecule has 3 saturated heterocycles. The van der Waals surface area contributed by atoms with Crippen molar-refractivity contribution in [2.24, 2.45) is 0 Å². The number of nitrogens with one attached hydrogen (secondary N) is 1. The van der Waals surface area contributed by atoms with E-state index in [0.717, 1.165) is 64.2 Å². The SMILES string of the molecule is CCCCCCCCCCCCCCCCCCCCC(O)C(=O)C(O)C(=O)NC(COC1OC(CO)C(OC2OC(CO)C(O)C(O)C2O)C(OC2OC(C)C(O)C(O)C2O)C1O)C(O)C(O)CCCCCCCCCCCCCC. The molecule has 0 bridgehead atoms. The topological polar surface area (TPSA) is 365 Å². The van der Waals surface area contributed by atoms with Gasteiger partial charge in [-0.1, -0.05) is 206 Å². The van der Waals surface area contributed by atoms with Crippen molar-refractivity contribution in [1.82, 2.24) is 5.32 Å². The van der Waals surface area contributed by atoms with Crippen LogP contribution in [0, 0.1) is 0 Å². The molecule has 0 spiro atoms. The molecule has 3 rings (SSSR count). The van der Waals surface area contributed by atoms with E-state index in [2.05, 4.69) is 19.2 Å². The van der Waals surface area contributed by atoms with Gasteiger partial charge in [0, 0.05) is 0 Å². The number of carbonyl (C=O) groups excluding carboxylic acids is 2. The summed E-state index contributed by atoms with van der Waals surface area (Å²) >= 11 is 0. The molecule has 484 valence electrons. The first-order valence-electron chi connectivity index (χ1n) is 31.9. The number of aliphatic hydroxyl groups excluding tert-OH is 13. The maximum Gasteiger partial charge on any atom is 0.257 e. The van der Waals surface area contributed by atoms with Gasteiger partial charge in [-0.2, -0.15) is 0 Å². The molecular weight excluding hydrogens is 1070 g/mol. The highest BCUT2D eigenvalue weighted by Gasteiger charge is 2.54. The molecule has 0 radical (unpaired) electrons. The van der Waals surface area contributed by atoms with Crippen molar-refractivity contribution in [1.29, 1.82) is 0 Å². The quantitative estimate of drug-likeness (QED) is 0.0306. The zero-order chi connectivity index (χ0) is 60.4. The molecule has 22 nitrogen and oxygen atoms in total. The Labute approximate surface area is 488 Å². The zero-order valence-electron chi connectivity index (χ0n) is 49.9. The molecule has 14 N–H and O–H groups in total. The monoisotopic (exact) mass is 1180 g/mol. The summed E-state index contributed by atoms with van der Waals surface area (Å²) in [5.74, 6) is -2.49. The van der Waals surface area contributed by atoms with Crippen LogP contribution in [0.5, 0.6) is 0 Å². The molecule has 1 amide bonds. The maximum atomic E-state index is 13.6. The Balaban J connectivity index is 1.66. The van der Waals surface area contributed by atoms with Crippen LogP contribution in [0.1, 0.15) is 226 Å². The fraction of sp³-hybridized carbons (Fsp3) is 0.967. The first-order chi connectivity index (χ1) is 39.4. The highest BCUT2D eigenvalue weighted by molar-refractivity contribution is 6.05. The van der Waals surface area contributed by atoms with Crippen LogP contribution in [0.15, 0.2) is 0 Å². The summed E-state index contributed by atoms with van der Waals surface area (Å²) in [6, 6.07) is -1.62. The number of unbranched alkanes of at least 4 members (excludes halogenated alkanes) is 28. The number of aliphatic hydroxyl groups is 13. The van der Waals surface area contributed by atoms with Gasteiger partial charge in [0.15, 0.2) is 30.8 Å². The van der Waals surface area contributed by atoms with Crippen molar-refractivity contribution in [3.8, 4) is 0 Å². The van der Waals surface area contributed by atoms with Gasteiger partial charge in [-0.3, -0.25) is 9.59 Å². The van der Waals surface area contributed by atoms with E-state index in [9.17, 15) is 76.0 Å². The van der Waals surface area contributed by atoms with Crippen molar-refractivity contribution < 1.29 is 104 Å². The Morgan fingerprint density at radius 3 is 1.29 bits per heavy atom. The van der Waals surface area contributed by atoms with E-state index < -0.39 is 154 Å². The molecule has 0 aromatic rings. The fourth-order valence-electron chi connectivity index (χ4n) is 11.1. The van der Waals surface area contributed by atoms with E-state index in [1.165, 1.54) is 122 Å². The molecule has 0 aliphatic carbocycles. The first kappa shape index (κ1) is 74.6. The summed E-state index contributed by atoms with van der Waals surface area (Å²) in [6.07, 6.45) is 0.0439. The Morgan fingerprint density at radius 1 is 0.451 bits per heavy atom. The van der Waals surface area contributed by atoms with Crippen LogP contribution in [0.4, 0.5) is 0 Å². The molecule has 3 fully saturated rings. The fourth-order valence-corrected chi connectivity index (χ4v) is 11.1. The summed E-state index contributed by atoms with van der Waals surface area (Å²) in [4.78, 5) is 26.9. The molecular formula is C60H113NO21. The number of rotatable bonds is 47. The molecule has 20 atom stereocenters. The number of hydrogen-bond acceptors (Lipinski definition) is 21. The average Bonchev–Trinajstić information content (AvgIpc) is 3.08. The third-order valence-electron chi connectivity index (χ3n) is 16.6. The lowest BCUT2D eigenvalue weighted by Gasteiger charge is -2.49. The third-order valence-corrected chi connectivity index (χ3v) is 16.6. The molecule has 20 unspecified atom stereocenters. The van der Waals surface area contributed by atoms with Crippen molar-refractivity contribution in [3.05, 3.63) is 0 Å². The van der Waals surface area contributed by atoms with E-state index in [1.54, 1.807) is 0 Å². The van der Waals surface area contributed by atoms with Gasteiger partial charge in [-0.15, -0.1) is 0 Å². The minimum absolute atomic E-state index is 0.00345. The van der Waals surface area contributed by atoms with Gasteiger partial charge in [0.2, 0.25) is 0 Å². The Bertz CT molecular complexity index is 1620. The number of ketones is 1. The second-order valence-corrected chi connectivity index (χ2v) is 23.6. The van der Waals surface area contributed by atoms with Crippen LogP contribution in [0.3, 0.4) is 0 Å². The summed E-state index contributed by atoms with van der Waals surface area (Å²) < 4.78 is 34.9. The lowest BCUT2D eigenvalue weighted by atomic mass is 9.96. The number of ether oxygens (including phenoxy) is 6. The van der Waals surface area contributed by atoms with Gasteiger partial charge < -0.3 is 100 Å². The summed E-state index contributed by atoms with van der Waals surface area (Å²) in [6.45, 7) is 3.20. The second-order valence-electron chi connectivity index (χ2n) is 23.6. The highest BCUT2D eigenvalue weighted by Crippen LogP contribution is 2.34. The molecule has 0 saturated carbocycles. The Kier molecular flexibility index (Phi) is 39.2. The van der Waals surface area contributed by atoms with E-state index in [-0.39, 0.29) is 12.8 Å². The van der Waals surface area contributed by atoms with Gasteiger partial charge in [-0.25, -0.2) is 0 Å². The van der Waals surface area contributed by atoms with E-state index in [1.807, 2.05) is 0 Å². The average molecular weight is 1180 g/mol. The smallest absolute Gasteiger partial charge is 0.257 e. The van der Waals surface area contributed by atoms with Gasteiger partial charge in [0.1, 0.15) is 79.4 Å². The van der Waals surface area contributed by atoms with Crippen LogP contribution in [0.25, 0.3) is 0 Å². The minimum Gasteiger partial charge on any atom is -0.394 e. The second kappa shape index (κ2) is 43.1. The summed E-state index contributed by atoms with van der Waals surface area (Å²) in [5, 5.41) is 143. The number of Topliss-reactive ketones (excluding diaryl/α,β-unsaturated/α-hetero) is 1. The molecule has 22 heteroatoms. The van der Waals surface area contributed by atoms with Crippen molar-refractivity contribution >= 4 is 11.7 Å². The van der Waals surface area contributed by atoms with Crippen LogP contribution in [-0.2, 0) is 38.0 Å². The van der Waals surface area contributed by atoms with E-state index >= 15 is 0 Å². The molecule has 82 heavy (non-hydrogen) atoms. The van der Waals surface area contributed by atoms with E-state index in [0.29, 0.717) is 12.8 Å². The Hall–Kier alpha value is -1.62. The van der Waals surface area contributed by atoms with Gasteiger partial charge >= 0.3 is 0 Å². The minimum atomic E-state index is -2.39. The van der Waals surface area contributed by atoms with Crippen molar-refractivity contribution in [3.63, 3.8) is 0 Å². The number of hydrogen-bond donors (Lipinski definition) is 14. The number of amides is 1. The molecule has 3 heterocycles. The molecule has 0 aromatic carbocycles. The summed E-state index contributed by atoms with van der Waals surface area (Å²) in [7, 11) is 0. The molecule has 3 aliphatic heterocycles. The highest BCUT2D eigenvalue weighted by atomic mass is 16.8. The van der Waals surface area contributed by atoms with Gasteiger partial charge in [0.25, 0.3) is 5.91 Å². The molecule has 0 aromatic heterocycles. The summed E-state index contributed by atoms with van der Waals surface area (Å²) in [5.41, 5.74) is 0. The van der Waals surface area contributed by atoms with E-state index in [4.69, 9.17) is 28.4 Å². The standard InChI is InChI=1S/C60H113NO21/c1-4-6-8-10-12-14-16-18-19-20-21-22-23-25-27-29-31-33-35-42(65)47(68)51(72)57(76)61-40(46(67)41(64)34-32-30-28-26-24-17-15-13-11-9-7-5-2)38-77-58-54(75)56(82-59-52(73)49(70)45(66)39(3)78-59)55(44(37-63)80-58)81-60-53(74)50(71)48(69)43(36-62)79-60/h39-46,48-56,58-60,62-67,69-75H,4-38H2,1-3H3,(H,61,76). The van der Waals surface area contributed by atoms with Crippen LogP contribution < -0.4 is 5.32 Å². The lowest BCUT2D eigenvalue weighted by molar-refractivity contribution is -0.386. The largest absolute Gasteiger partial charge is 0.394 e. The predicted octanol–water partition coefficient (Wildman–Crippen LogP) is 3.50. The van der Waals surface area contributed by atoms with Crippen LogP contribution >= 0.6 is 0 Å². The zero-order valence-corrected chi connectivity index (χ0v) is 49.9. The van der Waals surface area contributed by atoms with Crippen molar-refractivity contribution in [2.45, 2.75) is 349 Å².